The molecule has 4 rings (SSSR count). The van der Waals surface area contributed by atoms with Crippen LogP contribution in [0.25, 0.3) is 0 Å². The first-order valence-corrected chi connectivity index (χ1v) is 8.24. The third-order valence-electron chi connectivity index (χ3n) is 4.25. The van der Waals surface area contributed by atoms with Gasteiger partial charge < -0.3 is 17.2 Å². The Balaban J connectivity index is 0.000000451. The van der Waals surface area contributed by atoms with Gasteiger partial charge in [-0.2, -0.15) is 5.26 Å². The molecule has 7 heteroatoms. The average Bonchev–Trinajstić information content (AvgIpc) is 3.49. The van der Waals surface area contributed by atoms with Crippen LogP contribution in [0.4, 0.5) is 11.6 Å². The highest BCUT2D eigenvalue weighted by molar-refractivity contribution is 5.85. The summed E-state index contributed by atoms with van der Waals surface area (Å²) in [5, 5.41) is 8.76. The van der Waals surface area contributed by atoms with Gasteiger partial charge >= 0.3 is 0 Å². The molecule has 0 unspecified atom stereocenters. The third-order valence-corrected chi connectivity index (χ3v) is 4.25. The number of rotatable bonds is 3. The second kappa shape index (κ2) is 10.7. The topological polar surface area (TPSA) is 128 Å². The Kier molecular flexibility index (Phi) is 9.77. The number of nitrogen functional groups attached to an aromatic ring is 2. The summed E-state index contributed by atoms with van der Waals surface area (Å²) in [4.78, 5) is 8.46. The minimum atomic E-state index is 0. The predicted molar refractivity (Wildman–Crippen MR) is 115 cm³/mol. The van der Waals surface area contributed by atoms with Crippen molar-refractivity contribution in [2.75, 3.05) is 11.5 Å². The molecule has 0 bridgehead atoms. The van der Waals surface area contributed by atoms with Crippen LogP contribution in [-0.2, 0) is 6.54 Å². The fraction of sp³-hybridized carbons (Fsp3) is 0.450. The summed E-state index contributed by atoms with van der Waals surface area (Å²) in [5.74, 6) is 2.24. The molecule has 0 aromatic carbocycles. The Morgan fingerprint density at radius 2 is 1.37 bits per heavy atom. The molecule has 0 spiro atoms. The minimum absolute atomic E-state index is 0. The van der Waals surface area contributed by atoms with E-state index in [9.17, 15) is 0 Å². The molecule has 2 aliphatic rings. The molecular weight excluding hydrogens is 360 g/mol. The van der Waals surface area contributed by atoms with Crippen molar-refractivity contribution >= 4 is 24.0 Å². The zero-order valence-electron chi connectivity index (χ0n) is 14.0. The molecule has 2 saturated carbocycles. The van der Waals surface area contributed by atoms with Gasteiger partial charge in [0.25, 0.3) is 0 Å². The zero-order valence-corrected chi connectivity index (χ0v) is 14.8. The number of pyridine rings is 2. The van der Waals surface area contributed by atoms with Crippen LogP contribution in [0.15, 0.2) is 24.3 Å². The number of nitriles is 1. The third kappa shape index (κ3) is 6.38. The molecule has 0 aliphatic heterocycles. The van der Waals surface area contributed by atoms with Crippen LogP contribution in [0.5, 0.6) is 0 Å². The van der Waals surface area contributed by atoms with Gasteiger partial charge in [-0.05, 0) is 49.4 Å². The monoisotopic (exact) mass is 390 g/mol. The van der Waals surface area contributed by atoms with Crippen LogP contribution in [0.2, 0.25) is 0 Å². The molecule has 0 amide bonds. The molecular formula is C20H31ClN6. The van der Waals surface area contributed by atoms with E-state index in [1.807, 2.05) is 12.1 Å². The number of nitrogens with two attached hydrogens (primary N) is 3. The summed E-state index contributed by atoms with van der Waals surface area (Å²) < 4.78 is 0. The number of anilines is 2. The van der Waals surface area contributed by atoms with Gasteiger partial charge in [0.15, 0.2) is 0 Å². The Morgan fingerprint density at radius 1 is 0.889 bits per heavy atom. The van der Waals surface area contributed by atoms with Crippen LogP contribution >= 0.6 is 12.4 Å². The van der Waals surface area contributed by atoms with Gasteiger partial charge in [-0.15, -0.1) is 12.4 Å². The van der Waals surface area contributed by atoms with Crippen molar-refractivity contribution in [3.63, 3.8) is 0 Å². The summed E-state index contributed by atoms with van der Waals surface area (Å²) in [6.45, 7) is 0.569. The highest BCUT2D eigenvalue weighted by Gasteiger charge is 2.28. The number of nitrogens with zero attached hydrogens (tertiary/aromatic N) is 3. The van der Waals surface area contributed by atoms with E-state index < -0.39 is 0 Å². The number of hydrogen-bond donors (Lipinski definition) is 3. The Morgan fingerprint density at radius 3 is 1.85 bits per heavy atom. The molecule has 2 fully saturated rings. The van der Waals surface area contributed by atoms with Crippen molar-refractivity contribution in [3.05, 3.63) is 46.8 Å². The number of aromatic nitrogens is 2. The van der Waals surface area contributed by atoms with Gasteiger partial charge in [-0.3, -0.25) is 0 Å². The molecule has 2 aromatic rings. The van der Waals surface area contributed by atoms with E-state index in [2.05, 4.69) is 16.0 Å². The van der Waals surface area contributed by atoms with Gasteiger partial charge in [0, 0.05) is 18.4 Å². The smallest absolute Gasteiger partial charge is 0.123 e. The SMILES string of the molecule is C.C.Cl.N#Cc1ccc(N)nc1C1CC1.NCc1ccc(N)nc1C1CC1. The largest absolute Gasteiger partial charge is 0.384 e. The maximum atomic E-state index is 8.76. The summed E-state index contributed by atoms with van der Waals surface area (Å²) in [6, 6.07) is 9.34. The van der Waals surface area contributed by atoms with Gasteiger partial charge in [-0.25, -0.2) is 9.97 Å². The Labute approximate surface area is 168 Å². The maximum absolute atomic E-state index is 8.76. The second-order valence-electron chi connectivity index (χ2n) is 6.31. The fourth-order valence-electron chi connectivity index (χ4n) is 2.66. The second-order valence-corrected chi connectivity index (χ2v) is 6.31. The summed E-state index contributed by atoms with van der Waals surface area (Å²) in [7, 11) is 0. The van der Waals surface area contributed by atoms with Gasteiger partial charge in [0.2, 0.25) is 0 Å². The van der Waals surface area contributed by atoms with Crippen molar-refractivity contribution in [2.24, 2.45) is 5.73 Å². The van der Waals surface area contributed by atoms with E-state index in [0.29, 0.717) is 35.6 Å². The van der Waals surface area contributed by atoms with Crippen molar-refractivity contribution in [3.8, 4) is 6.07 Å². The van der Waals surface area contributed by atoms with Gasteiger partial charge in [0.05, 0.1) is 17.0 Å². The summed E-state index contributed by atoms with van der Waals surface area (Å²) in [6.07, 6.45) is 4.77. The molecule has 6 N–H and O–H groups in total. The van der Waals surface area contributed by atoms with Crippen LogP contribution in [-0.4, -0.2) is 9.97 Å². The van der Waals surface area contributed by atoms with Gasteiger partial charge in [-0.1, -0.05) is 20.9 Å². The lowest BCUT2D eigenvalue weighted by Gasteiger charge is -2.05. The molecule has 2 aliphatic carbocycles. The fourth-order valence-corrected chi connectivity index (χ4v) is 2.66. The Bertz CT molecular complexity index is 779. The van der Waals surface area contributed by atoms with E-state index in [4.69, 9.17) is 22.5 Å². The highest BCUT2D eigenvalue weighted by atomic mass is 35.5. The number of hydrogen-bond acceptors (Lipinski definition) is 6. The van der Waals surface area contributed by atoms with Crippen LogP contribution in [0, 0.1) is 11.3 Å². The molecule has 0 atom stereocenters. The summed E-state index contributed by atoms with van der Waals surface area (Å²) >= 11 is 0. The molecule has 27 heavy (non-hydrogen) atoms. The molecule has 0 saturated heterocycles. The lowest BCUT2D eigenvalue weighted by atomic mass is 10.1. The van der Waals surface area contributed by atoms with E-state index in [1.54, 1.807) is 12.1 Å². The van der Waals surface area contributed by atoms with Crippen molar-refractivity contribution in [1.29, 1.82) is 5.26 Å². The van der Waals surface area contributed by atoms with Crippen molar-refractivity contribution in [1.82, 2.24) is 9.97 Å². The highest BCUT2D eigenvalue weighted by Crippen LogP contribution is 2.41. The van der Waals surface area contributed by atoms with Crippen LogP contribution in [0.3, 0.4) is 0 Å². The van der Waals surface area contributed by atoms with E-state index in [-0.39, 0.29) is 27.3 Å². The normalized spacial score (nSPS) is 14.2. The van der Waals surface area contributed by atoms with E-state index in [0.717, 1.165) is 29.8 Å². The summed E-state index contributed by atoms with van der Waals surface area (Å²) in [5.41, 5.74) is 20.5. The lowest BCUT2D eigenvalue weighted by Crippen LogP contribution is -2.04. The number of halogens is 1. The van der Waals surface area contributed by atoms with Crippen LogP contribution < -0.4 is 17.2 Å². The molecule has 6 nitrogen and oxygen atoms in total. The van der Waals surface area contributed by atoms with Crippen molar-refractivity contribution in [2.45, 2.75) is 58.9 Å². The predicted octanol–water partition coefficient (Wildman–Crippen LogP) is 4.11. The average molecular weight is 391 g/mol. The van der Waals surface area contributed by atoms with E-state index in [1.165, 1.54) is 12.8 Å². The van der Waals surface area contributed by atoms with Crippen LogP contribution in [0.1, 0.15) is 74.9 Å². The van der Waals surface area contributed by atoms with Crippen molar-refractivity contribution < 1.29 is 0 Å². The standard InChI is InChI=1S/C9H13N3.C9H9N3.2CH4.ClH/c2*10-5-7-3-4-8(11)12-9(7)6-1-2-6;;;/h3-4,6H,1-2,5,10H2,(H2,11,12);3-4,6H,1-2H2,(H2,11,12);2*1H4;1H. The maximum Gasteiger partial charge on any atom is 0.123 e. The molecule has 0 radical (unpaired) electrons. The minimum Gasteiger partial charge on any atom is -0.384 e. The van der Waals surface area contributed by atoms with E-state index >= 15 is 0 Å². The first-order valence-electron chi connectivity index (χ1n) is 8.24. The van der Waals surface area contributed by atoms with Gasteiger partial charge in [0.1, 0.15) is 17.7 Å². The quantitative estimate of drug-likeness (QED) is 0.723. The molecule has 2 heterocycles. The first-order chi connectivity index (χ1) is 11.6. The zero-order chi connectivity index (χ0) is 17.1. The molecule has 2 aromatic heterocycles. The Hall–Kier alpha value is -2.36. The first kappa shape index (κ1) is 24.6. The lowest BCUT2D eigenvalue weighted by molar-refractivity contribution is 0.940. The molecule has 148 valence electrons.